The van der Waals surface area contributed by atoms with Gasteiger partial charge in [-0.1, -0.05) is 56.3 Å². The van der Waals surface area contributed by atoms with E-state index in [9.17, 15) is 24.6 Å². The first-order valence-corrected chi connectivity index (χ1v) is 9.90. The molecule has 9 heteroatoms. The molecule has 3 aromatic rings. The number of hydrogen-bond acceptors (Lipinski definition) is 6. The molecule has 166 valence electrons. The molecule has 0 aliphatic rings. The van der Waals surface area contributed by atoms with Crippen molar-refractivity contribution in [3.8, 4) is 22.6 Å². The molecule has 0 bridgehead atoms. The molecule has 0 atom stereocenters. The van der Waals surface area contributed by atoms with Gasteiger partial charge in [-0.2, -0.15) is 5.10 Å². The molecule has 1 heterocycles. The number of aromatic nitrogens is 2. The van der Waals surface area contributed by atoms with Crippen LogP contribution in [0.25, 0.3) is 11.1 Å². The lowest BCUT2D eigenvalue weighted by Crippen LogP contribution is -2.37. The molecular formula is C23H23N3O6. The number of rotatable bonds is 7. The third-order valence-electron chi connectivity index (χ3n) is 4.83. The number of nitrogens with zero attached hydrogens (tertiary/aromatic N) is 2. The summed E-state index contributed by atoms with van der Waals surface area (Å²) in [6.45, 7) is 2.83. The number of benzene rings is 2. The van der Waals surface area contributed by atoms with Crippen LogP contribution in [0.3, 0.4) is 0 Å². The molecule has 1 amide bonds. The first-order chi connectivity index (χ1) is 15.2. The minimum atomic E-state index is -1.28. The molecule has 0 fully saturated rings. The second-order valence-corrected chi connectivity index (χ2v) is 7.52. The molecule has 0 spiro atoms. The predicted molar refractivity (Wildman–Crippen MR) is 117 cm³/mol. The van der Waals surface area contributed by atoms with Crippen LogP contribution in [0.1, 0.15) is 41.4 Å². The maximum atomic E-state index is 12.9. The number of carbonyl (C=O) groups excluding carboxylic acids is 1. The van der Waals surface area contributed by atoms with Crippen molar-refractivity contribution in [1.29, 1.82) is 0 Å². The normalized spacial score (nSPS) is 10.8. The molecule has 0 radical (unpaired) electrons. The Hall–Kier alpha value is -4.14. The highest BCUT2D eigenvalue weighted by Crippen LogP contribution is 2.29. The van der Waals surface area contributed by atoms with E-state index in [-0.39, 0.29) is 23.9 Å². The summed E-state index contributed by atoms with van der Waals surface area (Å²) >= 11 is 0. The number of phenolic OH excluding ortho intramolecular Hbond substituents is 1. The van der Waals surface area contributed by atoms with Gasteiger partial charge in [0.05, 0.1) is 6.54 Å². The summed E-state index contributed by atoms with van der Waals surface area (Å²) in [7, 11) is 0. The van der Waals surface area contributed by atoms with E-state index in [0.717, 1.165) is 10.2 Å². The van der Waals surface area contributed by atoms with Gasteiger partial charge in [-0.3, -0.25) is 14.4 Å². The van der Waals surface area contributed by atoms with Gasteiger partial charge >= 0.3 is 5.97 Å². The number of phenols is 1. The van der Waals surface area contributed by atoms with Gasteiger partial charge < -0.3 is 20.6 Å². The first-order valence-electron chi connectivity index (χ1n) is 9.90. The number of carboxylic acids is 1. The summed E-state index contributed by atoms with van der Waals surface area (Å²) in [5.41, 5.74) is 0.926. The SMILES string of the molecule is CC(C)c1nn(Cc2ccc(-c3ccccc3O)cc2)c(=O)c(C(=O)NCC(=O)O)c1O. The largest absolute Gasteiger partial charge is 0.507 e. The van der Waals surface area contributed by atoms with Crippen LogP contribution in [0, 0.1) is 0 Å². The van der Waals surface area contributed by atoms with E-state index in [1.54, 1.807) is 56.3 Å². The van der Waals surface area contributed by atoms with Crippen LogP contribution in [0.15, 0.2) is 53.3 Å². The molecule has 0 unspecified atom stereocenters. The summed E-state index contributed by atoms with van der Waals surface area (Å²) in [6.07, 6.45) is 0. The number of carbonyl (C=O) groups is 2. The maximum Gasteiger partial charge on any atom is 0.322 e. The van der Waals surface area contributed by atoms with Crippen LogP contribution < -0.4 is 10.9 Å². The summed E-state index contributed by atoms with van der Waals surface area (Å²) in [6, 6.07) is 14.0. The Labute approximate surface area is 183 Å². The van der Waals surface area contributed by atoms with Crippen molar-refractivity contribution < 1.29 is 24.9 Å². The molecular weight excluding hydrogens is 414 g/mol. The Kier molecular flexibility index (Phi) is 6.58. The second kappa shape index (κ2) is 9.34. The van der Waals surface area contributed by atoms with Crippen molar-refractivity contribution in [2.24, 2.45) is 0 Å². The van der Waals surface area contributed by atoms with Gasteiger partial charge in [0.2, 0.25) is 0 Å². The maximum absolute atomic E-state index is 12.9. The second-order valence-electron chi connectivity index (χ2n) is 7.52. The fraction of sp³-hybridized carbons (Fsp3) is 0.217. The van der Waals surface area contributed by atoms with Crippen molar-refractivity contribution in [2.75, 3.05) is 6.54 Å². The molecule has 0 saturated heterocycles. The Bertz CT molecular complexity index is 1220. The third-order valence-corrected chi connectivity index (χ3v) is 4.83. The molecule has 0 aliphatic heterocycles. The fourth-order valence-electron chi connectivity index (χ4n) is 3.21. The smallest absolute Gasteiger partial charge is 0.322 e. The van der Waals surface area contributed by atoms with Gasteiger partial charge in [-0.15, -0.1) is 0 Å². The summed E-state index contributed by atoms with van der Waals surface area (Å²) < 4.78 is 1.07. The van der Waals surface area contributed by atoms with Crippen LogP contribution >= 0.6 is 0 Å². The van der Waals surface area contributed by atoms with E-state index in [1.165, 1.54) is 0 Å². The summed E-state index contributed by atoms with van der Waals surface area (Å²) in [5, 5.41) is 35.6. The average Bonchev–Trinajstić information content (AvgIpc) is 2.75. The van der Waals surface area contributed by atoms with Crippen LogP contribution in [-0.2, 0) is 11.3 Å². The van der Waals surface area contributed by atoms with Crippen molar-refractivity contribution in [1.82, 2.24) is 15.1 Å². The van der Waals surface area contributed by atoms with Gasteiger partial charge in [0.25, 0.3) is 11.5 Å². The van der Waals surface area contributed by atoms with E-state index in [4.69, 9.17) is 5.11 Å². The number of aliphatic carboxylic acids is 1. The molecule has 0 aliphatic carbocycles. The molecule has 9 nitrogen and oxygen atoms in total. The molecule has 32 heavy (non-hydrogen) atoms. The van der Waals surface area contributed by atoms with E-state index < -0.39 is 35.3 Å². The zero-order valence-corrected chi connectivity index (χ0v) is 17.6. The lowest BCUT2D eigenvalue weighted by atomic mass is 10.0. The summed E-state index contributed by atoms with van der Waals surface area (Å²) in [5.74, 6) is -2.96. The highest BCUT2D eigenvalue weighted by molar-refractivity contribution is 5.98. The lowest BCUT2D eigenvalue weighted by molar-refractivity contribution is -0.135. The molecule has 1 aromatic heterocycles. The van der Waals surface area contributed by atoms with Crippen molar-refractivity contribution in [2.45, 2.75) is 26.3 Å². The molecule has 4 N–H and O–H groups in total. The Morgan fingerprint density at radius 2 is 1.72 bits per heavy atom. The van der Waals surface area contributed by atoms with Crippen LogP contribution in [0.2, 0.25) is 0 Å². The minimum Gasteiger partial charge on any atom is -0.507 e. The van der Waals surface area contributed by atoms with Gasteiger partial charge in [-0.25, -0.2) is 4.68 Å². The standard InChI is InChI=1S/C23H23N3O6/c1-13(2)20-21(30)19(22(31)24-11-18(28)29)23(32)26(25-20)12-14-7-9-15(10-8-14)16-5-3-4-6-17(16)27/h3-10,13,27,30H,11-12H2,1-2H3,(H,24,31)(H,28,29). The number of para-hydroxylation sites is 1. The number of amides is 1. The van der Waals surface area contributed by atoms with Crippen molar-refractivity contribution in [3.63, 3.8) is 0 Å². The van der Waals surface area contributed by atoms with Crippen molar-refractivity contribution >= 4 is 11.9 Å². The quantitative estimate of drug-likeness (QED) is 0.444. The Balaban J connectivity index is 1.97. The minimum absolute atomic E-state index is 0.0269. The van der Waals surface area contributed by atoms with Crippen molar-refractivity contribution in [3.05, 3.63) is 75.7 Å². The van der Waals surface area contributed by atoms with Gasteiger partial charge in [0, 0.05) is 11.5 Å². The van der Waals surface area contributed by atoms with Gasteiger partial charge in [-0.05, 0) is 17.2 Å². The van der Waals surface area contributed by atoms with Crippen LogP contribution in [-0.4, -0.2) is 43.5 Å². The van der Waals surface area contributed by atoms with Crippen LogP contribution in [0.4, 0.5) is 0 Å². The molecule has 0 saturated carbocycles. The number of hydrogen-bond donors (Lipinski definition) is 4. The first kappa shape index (κ1) is 22.5. The lowest BCUT2D eigenvalue weighted by Gasteiger charge is -2.15. The highest BCUT2D eigenvalue weighted by Gasteiger charge is 2.24. The van der Waals surface area contributed by atoms with Gasteiger partial charge in [0.15, 0.2) is 5.75 Å². The number of carboxylic acid groups (broad SMARTS) is 1. The monoisotopic (exact) mass is 437 g/mol. The molecule has 2 aromatic carbocycles. The highest BCUT2D eigenvalue weighted by atomic mass is 16.4. The molecule has 3 rings (SSSR count). The van der Waals surface area contributed by atoms with E-state index in [1.807, 2.05) is 6.07 Å². The topological polar surface area (TPSA) is 142 Å². The fourth-order valence-corrected chi connectivity index (χ4v) is 3.21. The zero-order valence-electron chi connectivity index (χ0n) is 17.6. The Morgan fingerprint density at radius 1 is 1.06 bits per heavy atom. The van der Waals surface area contributed by atoms with E-state index >= 15 is 0 Å². The summed E-state index contributed by atoms with van der Waals surface area (Å²) in [4.78, 5) is 36.0. The third kappa shape index (κ3) is 4.77. The predicted octanol–water partition coefficient (Wildman–Crippen LogP) is 2.31. The van der Waals surface area contributed by atoms with E-state index in [0.29, 0.717) is 11.1 Å². The number of aromatic hydroxyl groups is 2. The zero-order chi connectivity index (χ0) is 23.4. The average molecular weight is 437 g/mol. The van der Waals surface area contributed by atoms with Gasteiger partial charge in [0.1, 0.15) is 23.6 Å². The van der Waals surface area contributed by atoms with E-state index in [2.05, 4.69) is 10.4 Å². The Morgan fingerprint density at radius 3 is 2.31 bits per heavy atom. The number of nitrogens with one attached hydrogen (secondary N) is 1. The van der Waals surface area contributed by atoms with Crippen LogP contribution in [0.5, 0.6) is 11.5 Å².